The Labute approximate surface area is 151 Å². The lowest BCUT2D eigenvalue weighted by molar-refractivity contribution is -0.132. The summed E-state index contributed by atoms with van der Waals surface area (Å²) in [5.41, 5.74) is 4.65. The van der Waals surface area contributed by atoms with Crippen LogP contribution in [0.25, 0.3) is 11.0 Å². The molecular weight excluding hydrogens is 324 g/mol. The van der Waals surface area contributed by atoms with E-state index in [0.717, 1.165) is 34.3 Å². The van der Waals surface area contributed by atoms with Crippen molar-refractivity contribution in [3.63, 3.8) is 0 Å². The SMILES string of the molecule is N#Cc1ccc(CCC(=O)N2CCc3nc4ncccc4cc3C2)cc1. The molecule has 1 aromatic carbocycles. The van der Waals surface area contributed by atoms with E-state index >= 15 is 0 Å². The van der Waals surface area contributed by atoms with Crippen molar-refractivity contribution in [2.75, 3.05) is 6.54 Å². The van der Waals surface area contributed by atoms with E-state index in [9.17, 15) is 4.79 Å². The minimum atomic E-state index is 0.159. The van der Waals surface area contributed by atoms with Crippen molar-refractivity contribution < 1.29 is 4.79 Å². The van der Waals surface area contributed by atoms with Gasteiger partial charge in [0.1, 0.15) is 0 Å². The van der Waals surface area contributed by atoms with Crippen molar-refractivity contribution in [3.8, 4) is 6.07 Å². The second-order valence-corrected chi connectivity index (χ2v) is 6.52. The third kappa shape index (κ3) is 3.27. The molecule has 0 atom stereocenters. The van der Waals surface area contributed by atoms with Crippen LogP contribution < -0.4 is 0 Å². The Balaban J connectivity index is 1.43. The molecule has 4 rings (SSSR count). The molecule has 0 bridgehead atoms. The van der Waals surface area contributed by atoms with Crippen LogP contribution in [-0.4, -0.2) is 27.3 Å². The van der Waals surface area contributed by atoms with Gasteiger partial charge in [-0.05, 0) is 47.9 Å². The van der Waals surface area contributed by atoms with Crippen molar-refractivity contribution in [3.05, 3.63) is 71.0 Å². The highest BCUT2D eigenvalue weighted by molar-refractivity contribution is 5.78. The fraction of sp³-hybridized carbons (Fsp3) is 0.238. The first-order chi connectivity index (χ1) is 12.7. The van der Waals surface area contributed by atoms with Crippen LogP contribution in [0.1, 0.15) is 28.8 Å². The van der Waals surface area contributed by atoms with Crippen LogP contribution in [0.3, 0.4) is 0 Å². The molecule has 0 unspecified atom stereocenters. The van der Waals surface area contributed by atoms with E-state index in [-0.39, 0.29) is 5.91 Å². The zero-order valence-electron chi connectivity index (χ0n) is 14.4. The summed E-state index contributed by atoms with van der Waals surface area (Å²) in [6, 6.07) is 15.5. The average molecular weight is 342 g/mol. The van der Waals surface area contributed by atoms with E-state index in [1.165, 1.54) is 0 Å². The summed E-state index contributed by atoms with van der Waals surface area (Å²) in [4.78, 5) is 23.5. The molecule has 0 aliphatic carbocycles. The molecule has 0 radical (unpaired) electrons. The monoisotopic (exact) mass is 342 g/mol. The van der Waals surface area contributed by atoms with Gasteiger partial charge < -0.3 is 4.90 Å². The fourth-order valence-electron chi connectivity index (χ4n) is 3.33. The summed E-state index contributed by atoms with van der Waals surface area (Å²) in [5, 5.41) is 9.86. The molecular formula is C21H18N4O. The fourth-order valence-corrected chi connectivity index (χ4v) is 3.33. The smallest absolute Gasteiger partial charge is 0.223 e. The molecule has 128 valence electrons. The number of carbonyl (C=O) groups is 1. The summed E-state index contributed by atoms with van der Waals surface area (Å²) in [6.07, 6.45) is 3.69. The van der Waals surface area contributed by atoms with Crippen LogP contribution >= 0.6 is 0 Å². The summed E-state index contributed by atoms with van der Waals surface area (Å²) >= 11 is 0. The molecule has 5 nitrogen and oxygen atoms in total. The van der Waals surface area contributed by atoms with Crippen molar-refractivity contribution in [2.45, 2.75) is 25.8 Å². The van der Waals surface area contributed by atoms with Gasteiger partial charge >= 0.3 is 0 Å². The van der Waals surface area contributed by atoms with Gasteiger partial charge in [-0.1, -0.05) is 12.1 Å². The number of benzene rings is 1. The van der Waals surface area contributed by atoms with Crippen molar-refractivity contribution >= 4 is 16.9 Å². The number of pyridine rings is 2. The summed E-state index contributed by atoms with van der Waals surface area (Å²) < 4.78 is 0. The number of hydrogen-bond donors (Lipinski definition) is 0. The molecule has 1 aliphatic heterocycles. The van der Waals surface area contributed by atoms with Gasteiger partial charge in [-0.15, -0.1) is 0 Å². The quantitative estimate of drug-likeness (QED) is 0.733. The Bertz CT molecular complexity index is 1000. The zero-order chi connectivity index (χ0) is 17.9. The number of nitrogens with zero attached hydrogens (tertiary/aromatic N) is 4. The van der Waals surface area contributed by atoms with E-state index in [1.54, 1.807) is 18.3 Å². The Morgan fingerprint density at radius 1 is 1.23 bits per heavy atom. The predicted octanol–water partition coefficient (Wildman–Crippen LogP) is 3.02. The van der Waals surface area contributed by atoms with Crippen molar-refractivity contribution in [1.82, 2.24) is 14.9 Å². The summed E-state index contributed by atoms with van der Waals surface area (Å²) in [5.74, 6) is 0.159. The van der Waals surface area contributed by atoms with Gasteiger partial charge in [-0.3, -0.25) is 4.79 Å². The van der Waals surface area contributed by atoms with E-state index in [1.807, 2.05) is 29.2 Å². The first kappa shape index (κ1) is 16.2. The van der Waals surface area contributed by atoms with Crippen molar-refractivity contribution in [1.29, 1.82) is 5.26 Å². The van der Waals surface area contributed by atoms with Crippen LogP contribution in [0.15, 0.2) is 48.7 Å². The largest absolute Gasteiger partial charge is 0.338 e. The third-order valence-corrected chi connectivity index (χ3v) is 4.80. The van der Waals surface area contributed by atoms with E-state index in [0.29, 0.717) is 31.5 Å². The first-order valence-electron chi connectivity index (χ1n) is 8.73. The Hall–Kier alpha value is -3.26. The molecule has 0 N–H and O–H groups in total. The minimum Gasteiger partial charge on any atom is -0.338 e. The van der Waals surface area contributed by atoms with Gasteiger partial charge in [0.15, 0.2) is 5.65 Å². The number of nitriles is 1. The van der Waals surface area contributed by atoms with Gasteiger partial charge in [-0.2, -0.15) is 5.26 Å². The van der Waals surface area contributed by atoms with E-state index < -0.39 is 0 Å². The van der Waals surface area contributed by atoms with Gasteiger partial charge in [0, 0.05) is 43.2 Å². The highest BCUT2D eigenvalue weighted by Gasteiger charge is 2.22. The Kier molecular flexibility index (Phi) is 4.32. The number of aryl methyl sites for hydroxylation is 1. The van der Waals surface area contributed by atoms with Gasteiger partial charge in [0.25, 0.3) is 0 Å². The van der Waals surface area contributed by atoms with Gasteiger partial charge in [0.2, 0.25) is 5.91 Å². The maximum Gasteiger partial charge on any atom is 0.223 e. The van der Waals surface area contributed by atoms with Crippen LogP contribution in [0.5, 0.6) is 0 Å². The average Bonchev–Trinajstić information content (AvgIpc) is 2.70. The zero-order valence-corrected chi connectivity index (χ0v) is 14.4. The minimum absolute atomic E-state index is 0.159. The molecule has 26 heavy (non-hydrogen) atoms. The number of aromatic nitrogens is 2. The molecule has 3 heterocycles. The topological polar surface area (TPSA) is 69.9 Å². The molecule has 2 aromatic heterocycles. The standard InChI is InChI=1S/C21H18N4O/c22-13-16-5-3-15(4-6-16)7-8-20(26)25-11-9-19-18(14-25)12-17-2-1-10-23-21(17)24-19/h1-6,10,12H,7-9,11,14H2. The lowest BCUT2D eigenvalue weighted by Crippen LogP contribution is -2.36. The van der Waals surface area contributed by atoms with E-state index in [2.05, 4.69) is 22.1 Å². The number of fused-ring (bicyclic) bond motifs is 2. The van der Waals surface area contributed by atoms with Crippen LogP contribution in [0, 0.1) is 11.3 Å². The number of amides is 1. The molecule has 0 saturated heterocycles. The number of rotatable bonds is 3. The van der Waals surface area contributed by atoms with Crippen LogP contribution in [-0.2, 0) is 24.2 Å². The highest BCUT2D eigenvalue weighted by atomic mass is 16.2. The second kappa shape index (κ2) is 6.93. The second-order valence-electron chi connectivity index (χ2n) is 6.52. The van der Waals surface area contributed by atoms with E-state index in [4.69, 9.17) is 5.26 Å². The molecule has 5 heteroatoms. The molecule has 0 spiro atoms. The van der Waals surface area contributed by atoms with Crippen molar-refractivity contribution in [2.24, 2.45) is 0 Å². The molecule has 1 aliphatic rings. The Morgan fingerprint density at radius 2 is 2.08 bits per heavy atom. The summed E-state index contributed by atoms with van der Waals surface area (Å²) in [7, 11) is 0. The lowest BCUT2D eigenvalue weighted by Gasteiger charge is -2.28. The number of carbonyl (C=O) groups excluding carboxylic acids is 1. The highest BCUT2D eigenvalue weighted by Crippen LogP contribution is 2.22. The third-order valence-electron chi connectivity index (χ3n) is 4.80. The molecule has 0 fully saturated rings. The maximum atomic E-state index is 12.6. The van der Waals surface area contributed by atoms with Crippen LogP contribution in [0.4, 0.5) is 0 Å². The normalized spacial score (nSPS) is 13.3. The van der Waals surface area contributed by atoms with Crippen LogP contribution in [0.2, 0.25) is 0 Å². The van der Waals surface area contributed by atoms with Gasteiger partial charge in [0.05, 0.1) is 11.6 Å². The lowest BCUT2D eigenvalue weighted by atomic mass is 10.0. The van der Waals surface area contributed by atoms with Gasteiger partial charge in [-0.25, -0.2) is 9.97 Å². The first-order valence-corrected chi connectivity index (χ1v) is 8.73. The predicted molar refractivity (Wildman–Crippen MR) is 98.1 cm³/mol. The molecule has 0 saturated carbocycles. The Morgan fingerprint density at radius 3 is 2.88 bits per heavy atom. The number of hydrogen-bond acceptors (Lipinski definition) is 4. The summed E-state index contributed by atoms with van der Waals surface area (Å²) in [6.45, 7) is 1.31. The molecule has 3 aromatic rings. The molecule has 1 amide bonds. The maximum absolute atomic E-state index is 12.6.